The normalized spacial score (nSPS) is 14.5. The molecule has 4 nitrogen and oxygen atoms in total. The van der Waals surface area contributed by atoms with Crippen molar-refractivity contribution in [3.63, 3.8) is 0 Å². The fourth-order valence-electron chi connectivity index (χ4n) is 3.69. The summed E-state index contributed by atoms with van der Waals surface area (Å²) in [6.07, 6.45) is 8.71. The molecule has 0 aliphatic carbocycles. The van der Waals surface area contributed by atoms with Crippen LogP contribution in [0.4, 0.5) is 5.69 Å². The summed E-state index contributed by atoms with van der Waals surface area (Å²) in [5, 5.41) is 2.98. The van der Waals surface area contributed by atoms with Gasteiger partial charge in [-0.2, -0.15) is 0 Å². The molecule has 1 heterocycles. The summed E-state index contributed by atoms with van der Waals surface area (Å²) in [6, 6.07) is 15.6. The van der Waals surface area contributed by atoms with Gasteiger partial charge in [-0.05, 0) is 74.3 Å². The van der Waals surface area contributed by atoms with Crippen molar-refractivity contribution in [2.75, 3.05) is 25.0 Å². The number of benzene rings is 2. The van der Waals surface area contributed by atoms with Crippen LogP contribution in [0.1, 0.15) is 67.8 Å². The van der Waals surface area contributed by atoms with Crippen LogP contribution in [0, 0.1) is 0 Å². The predicted molar refractivity (Wildman–Crippen MR) is 120 cm³/mol. The average molecular weight is 395 g/mol. The minimum absolute atomic E-state index is 0.0942. The molecule has 2 aromatic rings. The van der Waals surface area contributed by atoms with Gasteiger partial charge >= 0.3 is 0 Å². The SMILES string of the molecule is CCCCCCOc1ccc(C(=O)Nc2ccc(CN3CCCCC3)cc2)cc1. The molecule has 2 aromatic carbocycles. The van der Waals surface area contributed by atoms with Gasteiger partial charge in [0.15, 0.2) is 0 Å². The van der Waals surface area contributed by atoms with E-state index in [1.165, 1.54) is 57.2 Å². The number of carbonyl (C=O) groups excluding carboxylic acids is 1. The van der Waals surface area contributed by atoms with E-state index in [4.69, 9.17) is 4.74 Å². The average Bonchev–Trinajstić information content (AvgIpc) is 2.76. The molecule has 1 saturated heterocycles. The van der Waals surface area contributed by atoms with Crippen molar-refractivity contribution in [3.8, 4) is 5.75 Å². The number of ether oxygens (including phenoxy) is 1. The third-order valence-electron chi connectivity index (χ3n) is 5.45. The Morgan fingerprint density at radius 1 is 0.931 bits per heavy atom. The van der Waals surface area contributed by atoms with Gasteiger partial charge < -0.3 is 10.1 Å². The molecule has 1 N–H and O–H groups in total. The topological polar surface area (TPSA) is 41.6 Å². The molecule has 156 valence electrons. The fraction of sp³-hybridized carbons (Fsp3) is 0.480. The van der Waals surface area contributed by atoms with Gasteiger partial charge in [-0.15, -0.1) is 0 Å². The number of rotatable bonds is 10. The van der Waals surface area contributed by atoms with Crippen LogP contribution in [-0.2, 0) is 6.54 Å². The Labute approximate surface area is 175 Å². The van der Waals surface area contributed by atoms with Crippen molar-refractivity contribution < 1.29 is 9.53 Å². The molecule has 0 saturated carbocycles. The second-order valence-electron chi connectivity index (χ2n) is 7.92. The second-order valence-corrected chi connectivity index (χ2v) is 7.92. The highest BCUT2D eigenvalue weighted by Gasteiger charge is 2.11. The predicted octanol–water partition coefficient (Wildman–Crippen LogP) is 5.88. The van der Waals surface area contributed by atoms with E-state index in [1.54, 1.807) is 0 Å². The number of amides is 1. The van der Waals surface area contributed by atoms with Crippen LogP contribution in [0.5, 0.6) is 5.75 Å². The summed E-state index contributed by atoms with van der Waals surface area (Å²) in [7, 11) is 0. The molecule has 0 spiro atoms. The molecular weight excluding hydrogens is 360 g/mol. The van der Waals surface area contributed by atoms with Gasteiger partial charge in [0.25, 0.3) is 5.91 Å². The number of unbranched alkanes of at least 4 members (excludes halogenated alkanes) is 3. The minimum Gasteiger partial charge on any atom is -0.494 e. The minimum atomic E-state index is -0.0942. The molecule has 29 heavy (non-hydrogen) atoms. The van der Waals surface area contributed by atoms with Crippen molar-refractivity contribution in [2.45, 2.75) is 58.4 Å². The maximum atomic E-state index is 12.5. The van der Waals surface area contributed by atoms with Crippen molar-refractivity contribution in [3.05, 3.63) is 59.7 Å². The molecule has 0 radical (unpaired) electrons. The molecule has 0 unspecified atom stereocenters. The zero-order valence-electron chi connectivity index (χ0n) is 17.7. The third-order valence-corrected chi connectivity index (χ3v) is 5.45. The first-order chi connectivity index (χ1) is 14.2. The lowest BCUT2D eigenvalue weighted by Crippen LogP contribution is -2.29. The van der Waals surface area contributed by atoms with E-state index in [2.05, 4.69) is 29.3 Å². The monoisotopic (exact) mass is 394 g/mol. The molecule has 1 fully saturated rings. The van der Waals surface area contributed by atoms with E-state index >= 15 is 0 Å². The van der Waals surface area contributed by atoms with E-state index in [0.717, 1.165) is 31.0 Å². The van der Waals surface area contributed by atoms with Crippen molar-refractivity contribution in [2.24, 2.45) is 0 Å². The number of likely N-dealkylation sites (tertiary alicyclic amines) is 1. The second kappa shape index (κ2) is 11.6. The molecule has 3 rings (SSSR count). The first kappa shape index (κ1) is 21.4. The lowest BCUT2D eigenvalue weighted by molar-refractivity contribution is 0.102. The Morgan fingerprint density at radius 3 is 2.34 bits per heavy atom. The Morgan fingerprint density at radius 2 is 1.66 bits per heavy atom. The maximum absolute atomic E-state index is 12.5. The summed E-state index contributed by atoms with van der Waals surface area (Å²) in [5.74, 6) is 0.725. The molecule has 0 aromatic heterocycles. The number of carbonyl (C=O) groups is 1. The number of hydrogen-bond acceptors (Lipinski definition) is 3. The van der Waals surface area contributed by atoms with E-state index in [1.807, 2.05) is 36.4 Å². The van der Waals surface area contributed by atoms with Crippen LogP contribution in [0.25, 0.3) is 0 Å². The lowest BCUT2D eigenvalue weighted by atomic mass is 10.1. The zero-order chi connectivity index (χ0) is 20.3. The van der Waals surface area contributed by atoms with Crippen LogP contribution in [-0.4, -0.2) is 30.5 Å². The summed E-state index contributed by atoms with van der Waals surface area (Å²) in [5.41, 5.74) is 2.76. The molecule has 4 heteroatoms. The summed E-state index contributed by atoms with van der Waals surface area (Å²) in [4.78, 5) is 15.0. The largest absolute Gasteiger partial charge is 0.494 e. The number of nitrogens with one attached hydrogen (secondary N) is 1. The first-order valence-electron chi connectivity index (χ1n) is 11.1. The Bertz CT molecular complexity index is 734. The molecule has 0 bridgehead atoms. The molecule has 0 atom stereocenters. The maximum Gasteiger partial charge on any atom is 0.255 e. The number of hydrogen-bond donors (Lipinski definition) is 1. The van der Waals surface area contributed by atoms with Crippen molar-refractivity contribution in [1.29, 1.82) is 0 Å². The molecule has 1 aliphatic rings. The van der Waals surface area contributed by atoms with Gasteiger partial charge in [-0.3, -0.25) is 9.69 Å². The van der Waals surface area contributed by atoms with Crippen LogP contribution < -0.4 is 10.1 Å². The van der Waals surface area contributed by atoms with E-state index in [-0.39, 0.29) is 5.91 Å². The molecule has 1 amide bonds. The third kappa shape index (κ3) is 7.21. The standard InChI is InChI=1S/C25H34N2O2/c1-2-3-4-8-19-29-24-15-11-22(12-16-24)25(28)26-23-13-9-21(10-14-23)20-27-17-6-5-7-18-27/h9-16H,2-8,17-20H2,1H3,(H,26,28). The number of piperidine rings is 1. The highest BCUT2D eigenvalue weighted by molar-refractivity contribution is 6.04. The van der Waals surface area contributed by atoms with Gasteiger partial charge in [-0.1, -0.05) is 44.7 Å². The van der Waals surface area contributed by atoms with Gasteiger partial charge in [-0.25, -0.2) is 0 Å². The summed E-state index contributed by atoms with van der Waals surface area (Å²) < 4.78 is 5.75. The highest BCUT2D eigenvalue weighted by atomic mass is 16.5. The molecule has 1 aliphatic heterocycles. The van der Waals surface area contributed by atoms with E-state index in [0.29, 0.717) is 5.56 Å². The smallest absolute Gasteiger partial charge is 0.255 e. The van der Waals surface area contributed by atoms with Crippen LogP contribution in [0.2, 0.25) is 0 Å². The van der Waals surface area contributed by atoms with Gasteiger partial charge in [0.1, 0.15) is 5.75 Å². The summed E-state index contributed by atoms with van der Waals surface area (Å²) >= 11 is 0. The first-order valence-corrected chi connectivity index (χ1v) is 11.1. The van der Waals surface area contributed by atoms with E-state index in [9.17, 15) is 4.79 Å². The van der Waals surface area contributed by atoms with Crippen LogP contribution >= 0.6 is 0 Å². The lowest BCUT2D eigenvalue weighted by Gasteiger charge is -2.26. The van der Waals surface area contributed by atoms with Crippen molar-refractivity contribution in [1.82, 2.24) is 4.90 Å². The zero-order valence-corrected chi connectivity index (χ0v) is 17.7. The fourth-order valence-corrected chi connectivity index (χ4v) is 3.69. The quantitative estimate of drug-likeness (QED) is 0.511. The Kier molecular flexibility index (Phi) is 8.57. The highest BCUT2D eigenvalue weighted by Crippen LogP contribution is 2.17. The van der Waals surface area contributed by atoms with Crippen molar-refractivity contribution >= 4 is 11.6 Å². The van der Waals surface area contributed by atoms with E-state index < -0.39 is 0 Å². The van der Waals surface area contributed by atoms with Gasteiger partial charge in [0.05, 0.1) is 6.61 Å². The Balaban J connectivity index is 1.45. The Hall–Kier alpha value is -2.33. The number of anilines is 1. The van der Waals surface area contributed by atoms with Gasteiger partial charge in [0, 0.05) is 17.8 Å². The van der Waals surface area contributed by atoms with Crippen LogP contribution in [0.15, 0.2) is 48.5 Å². The summed E-state index contributed by atoms with van der Waals surface area (Å²) in [6.45, 7) is 6.31. The van der Waals surface area contributed by atoms with Crippen LogP contribution in [0.3, 0.4) is 0 Å². The van der Waals surface area contributed by atoms with Gasteiger partial charge in [0.2, 0.25) is 0 Å². The number of nitrogens with zero attached hydrogens (tertiary/aromatic N) is 1. The molecular formula is C25H34N2O2.